The Kier molecular flexibility index (Phi) is 9.40. The van der Waals surface area contributed by atoms with Crippen molar-refractivity contribution < 1.29 is 0 Å². The molecule has 0 fully saturated rings. The zero-order valence-electron chi connectivity index (χ0n) is 12.1. The molecule has 0 bridgehead atoms. The molecule has 1 rings (SSSR count). The van der Waals surface area contributed by atoms with Crippen LogP contribution in [0.3, 0.4) is 0 Å². The maximum Gasteiger partial charge on any atom is -0.0244 e. The first-order valence-electron chi connectivity index (χ1n) is 7.38. The SMILES string of the molecule is CC=CCCC=CCCC=CCCc1ccccc1. The summed E-state index contributed by atoms with van der Waals surface area (Å²) in [5.74, 6) is 0. The number of allylic oxidation sites excluding steroid dienone is 6. The molecule has 19 heavy (non-hydrogen) atoms. The first kappa shape index (κ1) is 15.5. The van der Waals surface area contributed by atoms with Crippen LogP contribution in [0.25, 0.3) is 0 Å². The van der Waals surface area contributed by atoms with Crippen LogP contribution >= 0.6 is 0 Å². The van der Waals surface area contributed by atoms with Crippen molar-refractivity contribution in [3.05, 3.63) is 72.4 Å². The molecule has 0 amide bonds. The van der Waals surface area contributed by atoms with Crippen LogP contribution in [0, 0.1) is 0 Å². The van der Waals surface area contributed by atoms with Crippen LogP contribution in [0.2, 0.25) is 0 Å². The Balaban J connectivity index is 1.99. The van der Waals surface area contributed by atoms with Gasteiger partial charge in [-0.2, -0.15) is 0 Å². The van der Waals surface area contributed by atoms with Gasteiger partial charge in [-0.15, -0.1) is 0 Å². The topological polar surface area (TPSA) is 0 Å². The van der Waals surface area contributed by atoms with E-state index < -0.39 is 0 Å². The summed E-state index contributed by atoms with van der Waals surface area (Å²) in [4.78, 5) is 0. The predicted octanol–water partition coefficient (Wildman–Crippen LogP) is 5.87. The predicted molar refractivity (Wildman–Crippen MR) is 86.3 cm³/mol. The van der Waals surface area contributed by atoms with Crippen LogP contribution in [0.15, 0.2) is 66.8 Å². The van der Waals surface area contributed by atoms with Crippen LogP contribution in [0.5, 0.6) is 0 Å². The first-order valence-corrected chi connectivity index (χ1v) is 7.38. The second kappa shape index (κ2) is 11.5. The fourth-order valence-electron chi connectivity index (χ4n) is 1.92. The van der Waals surface area contributed by atoms with Gasteiger partial charge in [0, 0.05) is 0 Å². The van der Waals surface area contributed by atoms with E-state index in [1.54, 1.807) is 0 Å². The highest BCUT2D eigenvalue weighted by molar-refractivity contribution is 5.15. The quantitative estimate of drug-likeness (QED) is 0.382. The largest absolute Gasteiger partial charge is 0.0917 e. The first-order chi connectivity index (χ1) is 9.43. The summed E-state index contributed by atoms with van der Waals surface area (Å²) in [5.41, 5.74) is 1.43. The number of hydrogen-bond acceptors (Lipinski definition) is 0. The zero-order valence-corrected chi connectivity index (χ0v) is 12.1. The van der Waals surface area contributed by atoms with Gasteiger partial charge in [0.15, 0.2) is 0 Å². The number of aryl methyl sites for hydroxylation is 1. The van der Waals surface area contributed by atoms with Crippen LogP contribution in [-0.4, -0.2) is 0 Å². The third kappa shape index (κ3) is 9.07. The summed E-state index contributed by atoms with van der Waals surface area (Å²) in [5, 5.41) is 0. The summed E-state index contributed by atoms with van der Waals surface area (Å²) < 4.78 is 0. The Morgan fingerprint density at radius 2 is 1.21 bits per heavy atom. The molecule has 0 heteroatoms. The molecule has 0 aliphatic heterocycles. The van der Waals surface area contributed by atoms with Crippen molar-refractivity contribution in [2.24, 2.45) is 0 Å². The van der Waals surface area contributed by atoms with Gasteiger partial charge in [0.05, 0.1) is 0 Å². The van der Waals surface area contributed by atoms with E-state index in [1.165, 1.54) is 18.4 Å². The van der Waals surface area contributed by atoms with Crippen LogP contribution in [-0.2, 0) is 6.42 Å². The highest BCUT2D eigenvalue weighted by atomic mass is 13.9. The lowest BCUT2D eigenvalue weighted by Gasteiger charge is -1.96. The maximum atomic E-state index is 2.31. The second-order valence-electron chi connectivity index (χ2n) is 4.69. The number of rotatable bonds is 9. The molecule has 0 unspecified atom stereocenters. The van der Waals surface area contributed by atoms with Gasteiger partial charge in [0.25, 0.3) is 0 Å². The zero-order chi connectivity index (χ0) is 13.6. The molecule has 0 heterocycles. The normalized spacial score (nSPS) is 12.1. The minimum absolute atomic E-state index is 1.15. The lowest BCUT2D eigenvalue weighted by Crippen LogP contribution is -1.81. The molecule has 0 nitrogen and oxygen atoms in total. The Morgan fingerprint density at radius 3 is 1.79 bits per heavy atom. The maximum absolute atomic E-state index is 2.31. The lowest BCUT2D eigenvalue weighted by atomic mass is 10.1. The van der Waals surface area contributed by atoms with Gasteiger partial charge in [0.2, 0.25) is 0 Å². The Bertz CT molecular complexity index is 382. The van der Waals surface area contributed by atoms with Crippen molar-refractivity contribution in [3.63, 3.8) is 0 Å². The van der Waals surface area contributed by atoms with Crippen molar-refractivity contribution >= 4 is 0 Å². The van der Waals surface area contributed by atoms with E-state index in [2.05, 4.69) is 73.7 Å². The van der Waals surface area contributed by atoms with E-state index >= 15 is 0 Å². The smallest absolute Gasteiger partial charge is 0.0244 e. The minimum Gasteiger partial charge on any atom is -0.0917 e. The molecule has 1 aromatic carbocycles. The van der Waals surface area contributed by atoms with Gasteiger partial charge < -0.3 is 0 Å². The molecule has 0 aliphatic rings. The molecule has 0 saturated heterocycles. The molecule has 0 spiro atoms. The van der Waals surface area contributed by atoms with E-state index in [9.17, 15) is 0 Å². The van der Waals surface area contributed by atoms with E-state index in [0.29, 0.717) is 0 Å². The number of hydrogen-bond donors (Lipinski definition) is 0. The van der Waals surface area contributed by atoms with Crippen LogP contribution < -0.4 is 0 Å². The summed E-state index contributed by atoms with van der Waals surface area (Å²) in [6.07, 6.45) is 20.5. The van der Waals surface area contributed by atoms with Crippen molar-refractivity contribution in [2.75, 3.05) is 0 Å². The van der Waals surface area contributed by atoms with Gasteiger partial charge in [-0.05, 0) is 51.0 Å². The molecule has 102 valence electrons. The Labute approximate surface area is 118 Å². The fraction of sp³-hybridized carbons (Fsp3) is 0.368. The molecule has 0 aromatic heterocycles. The average Bonchev–Trinajstić information content (AvgIpc) is 2.46. The third-order valence-electron chi connectivity index (χ3n) is 3.01. The van der Waals surface area contributed by atoms with Gasteiger partial charge in [0.1, 0.15) is 0 Å². The lowest BCUT2D eigenvalue weighted by molar-refractivity contribution is 0.969. The van der Waals surface area contributed by atoms with Crippen LogP contribution in [0.1, 0.15) is 44.6 Å². The third-order valence-corrected chi connectivity index (χ3v) is 3.01. The van der Waals surface area contributed by atoms with E-state index in [-0.39, 0.29) is 0 Å². The van der Waals surface area contributed by atoms with Gasteiger partial charge in [-0.3, -0.25) is 0 Å². The molecule has 0 aliphatic carbocycles. The van der Waals surface area contributed by atoms with E-state index in [4.69, 9.17) is 0 Å². The second-order valence-corrected chi connectivity index (χ2v) is 4.69. The molecular formula is C19H26. The van der Waals surface area contributed by atoms with Crippen molar-refractivity contribution in [2.45, 2.75) is 45.4 Å². The number of unbranched alkanes of at least 4 members (excludes halogenated alkanes) is 2. The highest BCUT2D eigenvalue weighted by Gasteiger charge is 1.87. The van der Waals surface area contributed by atoms with Crippen molar-refractivity contribution in [3.8, 4) is 0 Å². The molecular weight excluding hydrogens is 228 g/mol. The molecule has 0 saturated carbocycles. The van der Waals surface area contributed by atoms with E-state index in [0.717, 1.165) is 25.7 Å². The monoisotopic (exact) mass is 254 g/mol. The number of benzene rings is 1. The van der Waals surface area contributed by atoms with Gasteiger partial charge in [-0.25, -0.2) is 0 Å². The van der Waals surface area contributed by atoms with Crippen LogP contribution in [0.4, 0.5) is 0 Å². The molecule has 1 aromatic rings. The standard InChI is InChI=1S/C19H26/c1-2-3-4-5-6-7-8-9-10-11-13-16-19-17-14-12-15-18-19/h2-3,6-7,10-12,14-15,17-18H,4-5,8-9,13,16H2,1H3. The average molecular weight is 254 g/mol. The van der Waals surface area contributed by atoms with E-state index in [1.807, 2.05) is 0 Å². The summed E-state index contributed by atoms with van der Waals surface area (Å²) in [6.45, 7) is 2.07. The molecule has 0 radical (unpaired) electrons. The summed E-state index contributed by atoms with van der Waals surface area (Å²) in [6, 6.07) is 10.7. The highest BCUT2D eigenvalue weighted by Crippen LogP contribution is 2.04. The van der Waals surface area contributed by atoms with Crippen molar-refractivity contribution in [1.82, 2.24) is 0 Å². The minimum atomic E-state index is 1.15. The fourth-order valence-corrected chi connectivity index (χ4v) is 1.92. The van der Waals surface area contributed by atoms with Gasteiger partial charge >= 0.3 is 0 Å². The Hall–Kier alpha value is -1.56. The molecule has 0 N–H and O–H groups in total. The Morgan fingerprint density at radius 1 is 0.684 bits per heavy atom. The van der Waals surface area contributed by atoms with Crippen molar-refractivity contribution in [1.29, 1.82) is 0 Å². The molecule has 0 atom stereocenters. The summed E-state index contributed by atoms with van der Waals surface area (Å²) >= 11 is 0. The summed E-state index contributed by atoms with van der Waals surface area (Å²) in [7, 11) is 0. The van der Waals surface area contributed by atoms with Gasteiger partial charge in [-0.1, -0.05) is 66.8 Å².